The molecule has 0 unspecified atom stereocenters. The number of hydrogen-bond donors (Lipinski definition) is 3. The number of urea groups is 1. The normalized spacial score (nSPS) is 14.6. The maximum atomic E-state index is 11.8. The van der Waals surface area contributed by atoms with Crippen LogP contribution in [0.2, 0.25) is 0 Å². The molecule has 0 bridgehead atoms. The average Bonchev–Trinajstić information content (AvgIpc) is 2.65. The minimum absolute atomic E-state index is 0.131. The lowest BCUT2D eigenvalue weighted by Crippen LogP contribution is -2.50. The Morgan fingerprint density at radius 1 is 1.04 bits per heavy atom. The Bertz CT molecular complexity index is 822. The zero-order valence-corrected chi connectivity index (χ0v) is 15.5. The lowest BCUT2D eigenvalue weighted by atomic mass is 9.71. The van der Waals surface area contributed by atoms with Gasteiger partial charge in [-0.25, -0.2) is 4.79 Å². The lowest BCUT2D eigenvalue weighted by Gasteiger charge is -2.43. The van der Waals surface area contributed by atoms with E-state index in [0.29, 0.717) is 6.54 Å². The van der Waals surface area contributed by atoms with Crippen LogP contribution in [0.5, 0.6) is 0 Å². The van der Waals surface area contributed by atoms with E-state index in [1.54, 1.807) is 0 Å². The molecule has 27 heavy (non-hydrogen) atoms. The van der Waals surface area contributed by atoms with Crippen LogP contribution in [0.3, 0.4) is 0 Å². The van der Waals surface area contributed by atoms with Gasteiger partial charge in [-0.1, -0.05) is 43.0 Å². The topological polar surface area (TPSA) is 70.2 Å². The summed E-state index contributed by atoms with van der Waals surface area (Å²) in [6.07, 6.45) is 4.34. The predicted octanol–water partition coefficient (Wildman–Crippen LogP) is 4.18. The van der Waals surface area contributed by atoms with Crippen molar-refractivity contribution < 1.29 is 9.59 Å². The van der Waals surface area contributed by atoms with E-state index >= 15 is 0 Å². The number of carbonyl (C=O) groups is 2. The zero-order chi connectivity index (χ0) is 19.3. The molecule has 0 heterocycles. The Hall–Kier alpha value is -3.08. The minimum atomic E-state index is -0.260. The molecular weight excluding hydrogens is 338 g/mol. The largest absolute Gasteiger partial charge is 0.343 e. The van der Waals surface area contributed by atoms with Crippen LogP contribution in [-0.4, -0.2) is 18.5 Å². The molecule has 0 aromatic heterocycles. The molecule has 1 saturated carbocycles. The summed E-state index contributed by atoms with van der Waals surface area (Å²) in [5, 5.41) is 8.58. The second-order valence-electron chi connectivity index (χ2n) is 6.77. The Morgan fingerprint density at radius 2 is 1.63 bits per heavy atom. The Morgan fingerprint density at radius 3 is 2.11 bits per heavy atom. The van der Waals surface area contributed by atoms with Crippen molar-refractivity contribution in [3.05, 3.63) is 66.7 Å². The first-order valence-corrected chi connectivity index (χ1v) is 9.27. The third-order valence-corrected chi connectivity index (χ3v) is 5.01. The van der Waals surface area contributed by atoms with Gasteiger partial charge in [0.2, 0.25) is 5.91 Å². The fourth-order valence-electron chi connectivity index (χ4n) is 3.37. The molecule has 140 valence electrons. The van der Waals surface area contributed by atoms with Crippen molar-refractivity contribution in [2.24, 2.45) is 0 Å². The van der Waals surface area contributed by atoms with Crippen LogP contribution in [0.4, 0.5) is 10.5 Å². The summed E-state index contributed by atoms with van der Waals surface area (Å²) in [5.74, 6) is -0.131. The molecule has 1 aliphatic carbocycles. The third-order valence-electron chi connectivity index (χ3n) is 5.01. The van der Waals surface area contributed by atoms with E-state index in [2.05, 4.69) is 46.8 Å². The van der Waals surface area contributed by atoms with Crippen LogP contribution in [-0.2, 0) is 10.3 Å². The molecule has 3 N–H and O–H groups in total. The zero-order valence-electron chi connectivity index (χ0n) is 15.5. The van der Waals surface area contributed by atoms with Gasteiger partial charge < -0.3 is 16.0 Å². The van der Waals surface area contributed by atoms with Crippen LogP contribution in [0.15, 0.2) is 61.2 Å². The summed E-state index contributed by atoms with van der Waals surface area (Å²) < 4.78 is 0. The highest BCUT2D eigenvalue weighted by atomic mass is 16.2. The summed E-state index contributed by atoms with van der Waals surface area (Å²) in [4.78, 5) is 23.3. The molecule has 2 aromatic carbocycles. The van der Waals surface area contributed by atoms with Crippen molar-refractivity contribution in [3.63, 3.8) is 0 Å². The molecular formula is C22H25N3O2. The van der Waals surface area contributed by atoms with Crippen molar-refractivity contribution in [1.82, 2.24) is 10.6 Å². The van der Waals surface area contributed by atoms with Crippen LogP contribution in [0.25, 0.3) is 11.1 Å². The van der Waals surface area contributed by atoms with Gasteiger partial charge >= 0.3 is 6.03 Å². The van der Waals surface area contributed by atoms with Crippen molar-refractivity contribution in [2.75, 3.05) is 11.9 Å². The van der Waals surface area contributed by atoms with Gasteiger partial charge in [-0.15, -0.1) is 0 Å². The molecule has 5 nitrogen and oxygen atoms in total. The number of nitrogens with one attached hydrogen (secondary N) is 3. The molecule has 0 spiro atoms. The van der Waals surface area contributed by atoms with Crippen molar-refractivity contribution in [3.8, 4) is 11.1 Å². The molecule has 0 saturated heterocycles. The van der Waals surface area contributed by atoms with Gasteiger partial charge in [0.25, 0.3) is 0 Å². The fraction of sp³-hybridized carbons (Fsp3) is 0.273. The second kappa shape index (κ2) is 8.08. The Labute approximate surface area is 159 Å². The highest BCUT2D eigenvalue weighted by molar-refractivity contribution is 5.89. The van der Waals surface area contributed by atoms with Gasteiger partial charge in [-0.05, 0) is 61.1 Å². The smallest absolute Gasteiger partial charge is 0.319 e. The van der Waals surface area contributed by atoms with Crippen LogP contribution in [0.1, 0.15) is 31.7 Å². The summed E-state index contributed by atoms with van der Waals surface area (Å²) in [5.41, 5.74) is 3.78. The highest BCUT2D eigenvalue weighted by Gasteiger charge is 2.39. The summed E-state index contributed by atoms with van der Waals surface area (Å²) >= 11 is 0. The van der Waals surface area contributed by atoms with Crippen LogP contribution < -0.4 is 16.0 Å². The predicted molar refractivity (Wildman–Crippen MR) is 108 cm³/mol. The van der Waals surface area contributed by atoms with E-state index in [4.69, 9.17) is 0 Å². The van der Waals surface area contributed by atoms with Gasteiger partial charge in [0, 0.05) is 12.2 Å². The maximum absolute atomic E-state index is 11.8. The lowest BCUT2D eigenvalue weighted by molar-refractivity contribution is -0.119. The van der Waals surface area contributed by atoms with E-state index in [-0.39, 0.29) is 17.5 Å². The molecule has 2 aromatic rings. The molecule has 0 radical (unpaired) electrons. The van der Waals surface area contributed by atoms with E-state index in [9.17, 15) is 9.59 Å². The van der Waals surface area contributed by atoms with Gasteiger partial charge in [-0.3, -0.25) is 4.79 Å². The molecule has 5 heteroatoms. The quantitative estimate of drug-likeness (QED) is 0.674. The number of hydrogen-bond acceptors (Lipinski definition) is 2. The third kappa shape index (κ3) is 4.19. The molecule has 1 aliphatic rings. The van der Waals surface area contributed by atoms with Crippen molar-refractivity contribution >= 4 is 17.6 Å². The van der Waals surface area contributed by atoms with E-state index in [1.165, 1.54) is 6.08 Å². The standard InChI is InChI=1S/C22H25N3O2/c1-3-20(26)25-22(14-5-15-22)18-10-6-16(7-11-18)17-8-12-19(13-9-17)24-21(27)23-4-2/h3,6-13H,1,4-5,14-15H2,2H3,(H,25,26)(H2,23,24,27). The average molecular weight is 363 g/mol. The van der Waals surface area contributed by atoms with E-state index in [1.807, 2.05) is 31.2 Å². The monoisotopic (exact) mass is 363 g/mol. The molecule has 3 rings (SSSR count). The summed E-state index contributed by atoms with van der Waals surface area (Å²) in [6.45, 7) is 6.01. The molecule has 0 aliphatic heterocycles. The Balaban J connectivity index is 1.72. The van der Waals surface area contributed by atoms with Crippen LogP contribution in [0, 0.1) is 0 Å². The van der Waals surface area contributed by atoms with Gasteiger partial charge in [0.05, 0.1) is 5.54 Å². The molecule has 0 atom stereocenters. The minimum Gasteiger partial charge on any atom is -0.343 e. The van der Waals surface area contributed by atoms with Crippen LogP contribution >= 0.6 is 0 Å². The number of amides is 3. The number of rotatable bonds is 6. The first-order valence-electron chi connectivity index (χ1n) is 9.27. The van der Waals surface area contributed by atoms with Gasteiger partial charge in [0.1, 0.15) is 0 Å². The number of anilines is 1. The Kier molecular flexibility index (Phi) is 5.60. The van der Waals surface area contributed by atoms with Gasteiger partial charge in [0.15, 0.2) is 0 Å². The first-order chi connectivity index (χ1) is 13.1. The fourth-order valence-corrected chi connectivity index (χ4v) is 3.37. The van der Waals surface area contributed by atoms with Crippen molar-refractivity contribution in [1.29, 1.82) is 0 Å². The van der Waals surface area contributed by atoms with Gasteiger partial charge in [-0.2, -0.15) is 0 Å². The molecule has 3 amide bonds. The first kappa shape index (κ1) is 18.7. The second-order valence-corrected chi connectivity index (χ2v) is 6.77. The number of benzene rings is 2. The maximum Gasteiger partial charge on any atom is 0.319 e. The summed E-state index contributed by atoms with van der Waals surface area (Å²) in [7, 11) is 0. The SMILES string of the molecule is C=CC(=O)NC1(c2ccc(-c3ccc(NC(=O)NCC)cc3)cc2)CCC1. The number of carbonyl (C=O) groups excluding carboxylic acids is 2. The highest BCUT2D eigenvalue weighted by Crippen LogP contribution is 2.41. The van der Waals surface area contributed by atoms with E-state index in [0.717, 1.165) is 41.6 Å². The van der Waals surface area contributed by atoms with Crippen molar-refractivity contribution in [2.45, 2.75) is 31.7 Å². The van der Waals surface area contributed by atoms with E-state index < -0.39 is 0 Å². The summed E-state index contributed by atoms with van der Waals surface area (Å²) in [6, 6.07) is 15.8. The molecule has 1 fully saturated rings.